The van der Waals surface area contributed by atoms with Crippen LogP contribution in [0.2, 0.25) is 0 Å². The molecular weight excluding hydrogens is 396 g/mol. The molecule has 1 unspecified atom stereocenters. The van der Waals surface area contributed by atoms with Crippen LogP contribution in [-0.2, 0) is 16.1 Å². The molecule has 1 fully saturated rings. The number of amides is 1. The number of pyridine rings is 1. The molecular formula is C22H22N6O3. The molecule has 1 atom stereocenters. The first-order valence-corrected chi connectivity index (χ1v) is 10.3. The van der Waals surface area contributed by atoms with Gasteiger partial charge in [0.1, 0.15) is 19.0 Å². The molecule has 3 aromatic heterocycles. The first-order chi connectivity index (χ1) is 15.3. The molecule has 158 valence electrons. The number of piperidine rings is 1. The van der Waals surface area contributed by atoms with Crippen molar-refractivity contribution in [1.82, 2.24) is 30.0 Å². The number of nitrogens with zero attached hydrogens (tertiary/aromatic N) is 5. The molecule has 1 amide bonds. The molecule has 0 saturated carbocycles. The lowest BCUT2D eigenvalue weighted by molar-refractivity contribution is -0.138. The Morgan fingerprint density at radius 3 is 2.94 bits per heavy atom. The maximum absolute atomic E-state index is 12.7. The zero-order valence-electron chi connectivity index (χ0n) is 16.9. The lowest BCUT2D eigenvalue weighted by atomic mass is 9.97. The molecule has 5 rings (SSSR count). The van der Waals surface area contributed by atoms with E-state index in [1.807, 2.05) is 29.2 Å². The number of aromatic nitrogens is 5. The van der Waals surface area contributed by atoms with E-state index in [9.17, 15) is 4.79 Å². The van der Waals surface area contributed by atoms with Gasteiger partial charge in [-0.05, 0) is 37.1 Å². The second-order valence-electron chi connectivity index (χ2n) is 7.56. The Bertz CT molecular complexity index is 1140. The maximum atomic E-state index is 12.7. The molecule has 1 aliphatic heterocycles. The van der Waals surface area contributed by atoms with E-state index in [4.69, 9.17) is 14.2 Å². The van der Waals surface area contributed by atoms with E-state index in [-0.39, 0.29) is 25.0 Å². The van der Waals surface area contributed by atoms with Crippen molar-refractivity contribution in [3.05, 3.63) is 60.5 Å². The lowest BCUT2D eigenvalue weighted by Gasteiger charge is -2.31. The minimum Gasteiger partial charge on any atom is -0.362 e. The summed E-state index contributed by atoms with van der Waals surface area (Å²) in [7, 11) is 0. The van der Waals surface area contributed by atoms with Crippen LogP contribution in [-0.4, -0.2) is 55.6 Å². The van der Waals surface area contributed by atoms with Gasteiger partial charge in [0.2, 0.25) is 11.7 Å². The molecule has 1 saturated heterocycles. The Kier molecular flexibility index (Phi) is 5.40. The van der Waals surface area contributed by atoms with Gasteiger partial charge in [0, 0.05) is 37.0 Å². The SMILES string of the molecule is O=C(COCc1nc(-c2ccncc2)no1)N1CCCC(c2nc3ccccc3[nH]2)C1. The van der Waals surface area contributed by atoms with Crippen molar-refractivity contribution in [3.8, 4) is 11.4 Å². The van der Waals surface area contributed by atoms with Gasteiger partial charge in [-0.1, -0.05) is 17.3 Å². The third-order valence-electron chi connectivity index (χ3n) is 5.43. The van der Waals surface area contributed by atoms with Crippen LogP contribution in [0.15, 0.2) is 53.3 Å². The van der Waals surface area contributed by atoms with Gasteiger partial charge >= 0.3 is 0 Å². The summed E-state index contributed by atoms with van der Waals surface area (Å²) < 4.78 is 10.8. The van der Waals surface area contributed by atoms with Gasteiger partial charge in [-0.2, -0.15) is 4.98 Å². The van der Waals surface area contributed by atoms with Crippen molar-refractivity contribution >= 4 is 16.9 Å². The highest BCUT2D eigenvalue weighted by atomic mass is 16.5. The van der Waals surface area contributed by atoms with Crippen molar-refractivity contribution in [2.45, 2.75) is 25.4 Å². The van der Waals surface area contributed by atoms with Crippen LogP contribution in [0, 0.1) is 0 Å². The fourth-order valence-corrected chi connectivity index (χ4v) is 3.84. The van der Waals surface area contributed by atoms with E-state index < -0.39 is 0 Å². The minimum atomic E-state index is -0.0466. The van der Waals surface area contributed by atoms with Crippen molar-refractivity contribution in [1.29, 1.82) is 0 Å². The highest BCUT2D eigenvalue weighted by molar-refractivity contribution is 5.78. The number of carbonyl (C=O) groups is 1. The number of hydrogen-bond acceptors (Lipinski definition) is 7. The first-order valence-electron chi connectivity index (χ1n) is 10.3. The highest BCUT2D eigenvalue weighted by Gasteiger charge is 2.27. The van der Waals surface area contributed by atoms with E-state index in [0.29, 0.717) is 18.3 Å². The van der Waals surface area contributed by atoms with Gasteiger partial charge in [0.25, 0.3) is 5.89 Å². The second-order valence-corrected chi connectivity index (χ2v) is 7.56. The van der Waals surface area contributed by atoms with Crippen molar-refractivity contribution in [3.63, 3.8) is 0 Å². The molecule has 4 aromatic rings. The summed E-state index contributed by atoms with van der Waals surface area (Å²) in [6.07, 6.45) is 5.27. The molecule has 0 radical (unpaired) electrons. The number of imidazole rings is 1. The predicted octanol–water partition coefficient (Wildman–Crippen LogP) is 2.93. The first kappa shape index (κ1) is 19.4. The number of H-pyrrole nitrogens is 1. The standard InChI is InChI=1S/C22H22N6O3/c29-20(14-30-13-19-26-22(27-31-19)15-7-9-23-10-8-15)28-11-3-4-16(12-28)21-24-17-5-1-2-6-18(17)25-21/h1-2,5-10,16H,3-4,11-14H2,(H,24,25). The Balaban J connectivity index is 1.15. The van der Waals surface area contributed by atoms with Crippen LogP contribution in [0.4, 0.5) is 0 Å². The minimum absolute atomic E-state index is 0.0280. The summed E-state index contributed by atoms with van der Waals surface area (Å²) in [5, 5.41) is 3.94. The summed E-state index contributed by atoms with van der Waals surface area (Å²) in [6, 6.07) is 11.6. The third kappa shape index (κ3) is 4.31. The van der Waals surface area contributed by atoms with E-state index in [1.165, 1.54) is 0 Å². The molecule has 1 aromatic carbocycles. The molecule has 0 aliphatic carbocycles. The Labute approximate surface area is 178 Å². The summed E-state index contributed by atoms with van der Waals surface area (Å²) >= 11 is 0. The van der Waals surface area contributed by atoms with Gasteiger partial charge in [0.15, 0.2) is 0 Å². The second kappa shape index (κ2) is 8.65. The summed E-state index contributed by atoms with van der Waals surface area (Å²) in [5.74, 6) is 1.89. The molecule has 1 aliphatic rings. The maximum Gasteiger partial charge on any atom is 0.252 e. The quantitative estimate of drug-likeness (QED) is 0.513. The van der Waals surface area contributed by atoms with E-state index in [0.717, 1.165) is 41.8 Å². The number of likely N-dealkylation sites (tertiary alicyclic amines) is 1. The number of ether oxygens (including phenoxy) is 1. The fraction of sp³-hybridized carbons (Fsp3) is 0.318. The number of hydrogen-bond donors (Lipinski definition) is 1. The van der Waals surface area contributed by atoms with Crippen molar-refractivity contribution in [2.75, 3.05) is 19.7 Å². The van der Waals surface area contributed by atoms with Gasteiger partial charge in [-0.25, -0.2) is 4.98 Å². The number of para-hydroxylation sites is 2. The topological polar surface area (TPSA) is 110 Å². The number of nitrogens with one attached hydrogen (secondary N) is 1. The molecule has 9 nitrogen and oxygen atoms in total. The normalized spacial score (nSPS) is 16.6. The molecule has 0 spiro atoms. The van der Waals surface area contributed by atoms with Gasteiger partial charge < -0.3 is 19.1 Å². The van der Waals surface area contributed by atoms with Gasteiger partial charge in [-0.15, -0.1) is 0 Å². The van der Waals surface area contributed by atoms with Crippen LogP contribution in [0.5, 0.6) is 0 Å². The number of aromatic amines is 1. The Morgan fingerprint density at radius 2 is 2.06 bits per heavy atom. The van der Waals surface area contributed by atoms with Crippen LogP contribution in [0.3, 0.4) is 0 Å². The molecule has 4 heterocycles. The van der Waals surface area contributed by atoms with E-state index in [2.05, 4.69) is 20.1 Å². The van der Waals surface area contributed by atoms with E-state index in [1.54, 1.807) is 24.5 Å². The Morgan fingerprint density at radius 1 is 1.19 bits per heavy atom. The summed E-state index contributed by atoms with van der Waals surface area (Å²) in [5.41, 5.74) is 2.79. The van der Waals surface area contributed by atoms with Crippen molar-refractivity contribution in [2.24, 2.45) is 0 Å². The van der Waals surface area contributed by atoms with E-state index >= 15 is 0 Å². The van der Waals surface area contributed by atoms with Crippen LogP contribution < -0.4 is 0 Å². The number of fused-ring (bicyclic) bond motifs is 1. The third-order valence-corrected chi connectivity index (χ3v) is 5.43. The highest BCUT2D eigenvalue weighted by Crippen LogP contribution is 2.26. The smallest absolute Gasteiger partial charge is 0.252 e. The van der Waals surface area contributed by atoms with Gasteiger partial charge in [0.05, 0.1) is 11.0 Å². The summed E-state index contributed by atoms with van der Waals surface area (Å²) in [6.45, 7) is 1.42. The predicted molar refractivity (Wildman–Crippen MR) is 112 cm³/mol. The largest absolute Gasteiger partial charge is 0.362 e. The van der Waals surface area contributed by atoms with Crippen LogP contribution >= 0.6 is 0 Å². The molecule has 31 heavy (non-hydrogen) atoms. The van der Waals surface area contributed by atoms with Crippen LogP contribution in [0.1, 0.15) is 30.5 Å². The average molecular weight is 418 g/mol. The lowest BCUT2D eigenvalue weighted by Crippen LogP contribution is -2.41. The molecule has 1 N–H and O–H groups in total. The van der Waals surface area contributed by atoms with Gasteiger partial charge in [-0.3, -0.25) is 9.78 Å². The molecule has 9 heteroatoms. The van der Waals surface area contributed by atoms with Crippen molar-refractivity contribution < 1.29 is 14.1 Å². The summed E-state index contributed by atoms with van der Waals surface area (Å²) in [4.78, 5) is 30.9. The number of carbonyl (C=O) groups excluding carboxylic acids is 1. The Hall–Kier alpha value is -3.59. The number of rotatable bonds is 6. The average Bonchev–Trinajstić information content (AvgIpc) is 3.47. The monoisotopic (exact) mass is 418 g/mol. The van der Waals surface area contributed by atoms with Crippen LogP contribution in [0.25, 0.3) is 22.4 Å². The number of benzene rings is 1. The zero-order chi connectivity index (χ0) is 21.0. The zero-order valence-corrected chi connectivity index (χ0v) is 16.9. The fourth-order valence-electron chi connectivity index (χ4n) is 3.84. The molecule has 0 bridgehead atoms.